The lowest BCUT2D eigenvalue weighted by Crippen LogP contribution is -2.47. The molecular formula is C12H17NO3S. The van der Waals surface area contributed by atoms with E-state index in [2.05, 4.69) is 10.1 Å². The van der Waals surface area contributed by atoms with Crippen molar-refractivity contribution in [3.8, 4) is 0 Å². The lowest BCUT2D eigenvalue weighted by Gasteiger charge is -2.28. The Balaban J connectivity index is 2.68. The number of rotatable bonds is 5. The van der Waals surface area contributed by atoms with Crippen LogP contribution in [-0.2, 0) is 9.53 Å². The highest BCUT2D eigenvalue weighted by atomic mass is 32.1. The molecule has 1 unspecified atom stereocenters. The first-order chi connectivity index (χ1) is 8.00. The fraction of sp³-hybridized carbons (Fsp3) is 0.500. The standard InChI is InChI=1S/C12H17NO3S/c1-4-12(2,7-10(14)16-3)13-11(15)9-5-6-17-8-9/h5-6,8H,4,7H2,1-3H3,(H,13,15). The third kappa shape index (κ3) is 3.85. The predicted octanol–water partition coefficient (Wildman–Crippen LogP) is 2.21. The van der Waals surface area contributed by atoms with Crippen LogP contribution in [0.15, 0.2) is 16.8 Å². The molecule has 0 saturated heterocycles. The Morgan fingerprint density at radius 1 is 1.53 bits per heavy atom. The van der Waals surface area contributed by atoms with Crippen LogP contribution in [0.5, 0.6) is 0 Å². The van der Waals surface area contributed by atoms with Crippen LogP contribution in [0.25, 0.3) is 0 Å². The number of thiophene rings is 1. The van der Waals surface area contributed by atoms with Crippen LogP contribution in [0.2, 0.25) is 0 Å². The second-order valence-electron chi connectivity index (χ2n) is 4.13. The number of hydrogen-bond acceptors (Lipinski definition) is 4. The van der Waals surface area contributed by atoms with E-state index in [1.54, 1.807) is 11.4 Å². The van der Waals surface area contributed by atoms with Crippen molar-refractivity contribution in [3.05, 3.63) is 22.4 Å². The van der Waals surface area contributed by atoms with E-state index in [-0.39, 0.29) is 18.3 Å². The summed E-state index contributed by atoms with van der Waals surface area (Å²) in [5.41, 5.74) is 0.0612. The van der Waals surface area contributed by atoms with Gasteiger partial charge in [-0.3, -0.25) is 9.59 Å². The molecule has 94 valence electrons. The average molecular weight is 255 g/mol. The fourth-order valence-corrected chi connectivity index (χ4v) is 2.02. The minimum absolute atomic E-state index is 0.153. The highest BCUT2D eigenvalue weighted by Crippen LogP contribution is 2.17. The van der Waals surface area contributed by atoms with Crippen LogP contribution in [0.1, 0.15) is 37.0 Å². The Labute approximate surface area is 105 Å². The van der Waals surface area contributed by atoms with Crippen molar-refractivity contribution >= 4 is 23.2 Å². The summed E-state index contributed by atoms with van der Waals surface area (Å²) in [5, 5.41) is 6.50. The molecule has 1 aromatic rings. The van der Waals surface area contributed by atoms with Crippen molar-refractivity contribution < 1.29 is 14.3 Å². The monoisotopic (exact) mass is 255 g/mol. The molecule has 5 heteroatoms. The van der Waals surface area contributed by atoms with Crippen molar-refractivity contribution in [2.24, 2.45) is 0 Å². The first-order valence-corrected chi connectivity index (χ1v) is 6.36. The molecule has 1 N–H and O–H groups in total. The molecule has 4 nitrogen and oxygen atoms in total. The van der Waals surface area contributed by atoms with Gasteiger partial charge in [0.2, 0.25) is 0 Å². The van der Waals surface area contributed by atoms with Crippen LogP contribution in [0, 0.1) is 0 Å². The number of hydrogen-bond donors (Lipinski definition) is 1. The molecule has 0 radical (unpaired) electrons. The highest BCUT2D eigenvalue weighted by molar-refractivity contribution is 7.08. The van der Waals surface area contributed by atoms with Crippen molar-refractivity contribution in [2.75, 3.05) is 7.11 Å². The molecule has 1 aromatic heterocycles. The van der Waals surface area contributed by atoms with E-state index in [0.29, 0.717) is 12.0 Å². The van der Waals surface area contributed by atoms with Gasteiger partial charge < -0.3 is 10.1 Å². The van der Waals surface area contributed by atoms with Gasteiger partial charge in [-0.25, -0.2) is 0 Å². The first-order valence-electron chi connectivity index (χ1n) is 5.42. The van der Waals surface area contributed by atoms with Gasteiger partial charge in [-0.2, -0.15) is 11.3 Å². The molecule has 0 bridgehead atoms. The van der Waals surface area contributed by atoms with Gasteiger partial charge in [0.1, 0.15) is 0 Å². The number of ether oxygens (including phenoxy) is 1. The topological polar surface area (TPSA) is 55.4 Å². The Hall–Kier alpha value is -1.36. The Morgan fingerprint density at radius 2 is 2.24 bits per heavy atom. The predicted molar refractivity (Wildman–Crippen MR) is 67.1 cm³/mol. The highest BCUT2D eigenvalue weighted by Gasteiger charge is 2.28. The van der Waals surface area contributed by atoms with Crippen molar-refractivity contribution in [1.82, 2.24) is 5.32 Å². The summed E-state index contributed by atoms with van der Waals surface area (Å²) in [6.07, 6.45) is 0.841. The lowest BCUT2D eigenvalue weighted by molar-refractivity contribution is -0.142. The van der Waals surface area contributed by atoms with E-state index in [1.165, 1.54) is 18.4 Å². The van der Waals surface area contributed by atoms with Crippen molar-refractivity contribution in [2.45, 2.75) is 32.2 Å². The zero-order valence-electron chi connectivity index (χ0n) is 10.3. The Kier molecular flexibility index (Phi) is 4.69. The van der Waals surface area contributed by atoms with Gasteiger partial charge >= 0.3 is 5.97 Å². The molecule has 1 atom stereocenters. The fourth-order valence-electron chi connectivity index (χ4n) is 1.39. The third-order valence-electron chi connectivity index (χ3n) is 2.74. The van der Waals surface area contributed by atoms with E-state index < -0.39 is 5.54 Å². The van der Waals surface area contributed by atoms with Gasteiger partial charge in [-0.15, -0.1) is 0 Å². The molecule has 0 aliphatic rings. The minimum atomic E-state index is -0.563. The maximum Gasteiger partial charge on any atom is 0.307 e. The molecular weight excluding hydrogens is 238 g/mol. The molecule has 0 saturated carbocycles. The normalized spacial score (nSPS) is 13.8. The molecule has 0 spiro atoms. The molecule has 1 amide bonds. The summed E-state index contributed by atoms with van der Waals surface area (Å²) >= 11 is 1.47. The Morgan fingerprint density at radius 3 is 2.71 bits per heavy atom. The molecule has 0 aliphatic carbocycles. The summed E-state index contributed by atoms with van der Waals surface area (Å²) in [6, 6.07) is 1.76. The van der Waals surface area contributed by atoms with E-state index in [4.69, 9.17) is 0 Å². The molecule has 0 aromatic carbocycles. The zero-order valence-corrected chi connectivity index (χ0v) is 11.1. The maximum atomic E-state index is 11.9. The van der Waals surface area contributed by atoms with Crippen LogP contribution in [0.4, 0.5) is 0 Å². The maximum absolute atomic E-state index is 11.9. The number of carbonyl (C=O) groups is 2. The van der Waals surface area contributed by atoms with Gasteiger partial charge in [0.15, 0.2) is 0 Å². The van der Waals surface area contributed by atoms with Gasteiger partial charge in [0.25, 0.3) is 5.91 Å². The van der Waals surface area contributed by atoms with Gasteiger partial charge in [-0.05, 0) is 24.8 Å². The molecule has 17 heavy (non-hydrogen) atoms. The van der Waals surface area contributed by atoms with Crippen molar-refractivity contribution in [1.29, 1.82) is 0 Å². The van der Waals surface area contributed by atoms with Crippen LogP contribution >= 0.6 is 11.3 Å². The van der Waals surface area contributed by atoms with E-state index >= 15 is 0 Å². The van der Waals surface area contributed by atoms with E-state index in [0.717, 1.165) is 0 Å². The summed E-state index contributed by atoms with van der Waals surface area (Å²) < 4.78 is 4.63. The van der Waals surface area contributed by atoms with Crippen LogP contribution in [-0.4, -0.2) is 24.5 Å². The number of esters is 1. The minimum Gasteiger partial charge on any atom is -0.469 e. The van der Waals surface area contributed by atoms with Crippen LogP contribution in [0.3, 0.4) is 0 Å². The first kappa shape index (κ1) is 13.7. The zero-order chi connectivity index (χ0) is 12.9. The van der Waals surface area contributed by atoms with E-state index in [9.17, 15) is 9.59 Å². The second-order valence-corrected chi connectivity index (χ2v) is 4.91. The lowest BCUT2D eigenvalue weighted by atomic mass is 9.94. The van der Waals surface area contributed by atoms with Gasteiger partial charge in [0, 0.05) is 10.9 Å². The summed E-state index contributed by atoms with van der Waals surface area (Å²) in [4.78, 5) is 23.2. The number of carbonyl (C=O) groups excluding carboxylic acids is 2. The molecule has 1 heterocycles. The van der Waals surface area contributed by atoms with Crippen LogP contribution < -0.4 is 5.32 Å². The average Bonchev–Trinajstić information content (AvgIpc) is 2.82. The quantitative estimate of drug-likeness (QED) is 0.821. The molecule has 0 aliphatic heterocycles. The van der Waals surface area contributed by atoms with Crippen molar-refractivity contribution in [3.63, 3.8) is 0 Å². The molecule has 0 fully saturated rings. The summed E-state index contributed by atoms with van der Waals surface area (Å²) in [6.45, 7) is 3.77. The SMILES string of the molecule is CCC(C)(CC(=O)OC)NC(=O)c1ccsc1. The number of nitrogens with one attached hydrogen (secondary N) is 1. The number of methoxy groups -OCH3 is 1. The third-order valence-corrected chi connectivity index (χ3v) is 3.42. The van der Waals surface area contributed by atoms with E-state index in [1.807, 2.05) is 19.2 Å². The summed E-state index contributed by atoms with van der Waals surface area (Å²) in [7, 11) is 1.35. The number of amides is 1. The van der Waals surface area contributed by atoms with Gasteiger partial charge in [-0.1, -0.05) is 6.92 Å². The van der Waals surface area contributed by atoms with Gasteiger partial charge in [0.05, 0.1) is 19.1 Å². The summed E-state index contributed by atoms with van der Waals surface area (Å²) in [5.74, 6) is -0.473. The smallest absolute Gasteiger partial charge is 0.307 e. The largest absolute Gasteiger partial charge is 0.469 e. The molecule has 1 rings (SSSR count). The Bertz CT molecular complexity index is 388. The second kappa shape index (κ2) is 5.82.